The zero-order valence-electron chi connectivity index (χ0n) is 15.2. The zero-order valence-corrected chi connectivity index (χ0v) is 15.2. The van der Waals surface area contributed by atoms with Crippen LogP contribution in [0.25, 0.3) is 0 Å². The van der Waals surface area contributed by atoms with E-state index < -0.39 is 5.60 Å². The van der Waals surface area contributed by atoms with Gasteiger partial charge in [0.2, 0.25) is 11.8 Å². The molecule has 0 bridgehead atoms. The Morgan fingerprint density at radius 3 is 1.89 bits per heavy atom. The molecule has 2 amide bonds. The molecule has 2 aliphatic heterocycles. The molecule has 2 heterocycles. The summed E-state index contributed by atoms with van der Waals surface area (Å²) in [6, 6.07) is 20.4. The number of carbonyl (C=O) groups excluding carboxylic acids is 2. The number of likely N-dealkylation sites (tertiary alicyclic amines) is 1. The average Bonchev–Trinajstić information content (AvgIpc) is 3.15. The molecule has 2 saturated heterocycles. The van der Waals surface area contributed by atoms with Gasteiger partial charge in [-0.25, -0.2) is 0 Å². The van der Waals surface area contributed by atoms with Crippen LogP contribution in [0.3, 0.4) is 0 Å². The van der Waals surface area contributed by atoms with E-state index >= 15 is 0 Å². The average molecular weight is 361 g/mol. The Bertz CT molecular complexity index is 802. The van der Waals surface area contributed by atoms with Crippen LogP contribution in [0.1, 0.15) is 36.8 Å². The SMILES string of the molecule is O=C1C2CCCC2C(=O)N1CCC1OC1(c1ccccc1)c1ccccc1. The maximum atomic E-state index is 12.6. The largest absolute Gasteiger partial charge is 0.356 e. The second-order valence-electron chi connectivity index (χ2n) is 7.83. The summed E-state index contributed by atoms with van der Waals surface area (Å²) >= 11 is 0. The first-order valence-electron chi connectivity index (χ1n) is 9.86. The Morgan fingerprint density at radius 1 is 0.852 bits per heavy atom. The molecule has 3 atom stereocenters. The second-order valence-corrected chi connectivity index (χ2v) is 7.83. The normalized spacial score (nSPS) is 28.4. The lowest BCUT2D eigenvalue weighted by Crippen LogP contribution is -2.33. The highest BCUT2D eigenvalue weighted by Gasteiger charge is 2.59. The Hall–Kier alpha value is -2.46. The van der Waals surface area contributed by atoms with Gasteiger partial charge in [0.05, 0.1) is 17.9 Å². The van der Waals surface area contributed by atoms with Crippen molar-refractivity contribution in [1.29, 1.82) is 0 Å². The van der Waals surface area contributed by atoms with E-state index in [-0.39, 0.29) is 29.8 Å². The van der Waals surface area contributed by atoms with Crippen molar-refractivity contribution in [3.05, 3.63) is 71.8 Å². The van der Waals surface area contributed by atoms with Crippen molar-refractivity contribution in [3.8, 4) is 0 Å². The highest BCUT2D eigenvalue weighted by atomic mass is 16.6. The minimum absolute atomic E-state index is 0.0247. The molecule has 3 unspecified atom stereocenters. The van der Waals surface area contributed by atoms with Crippen molar-refractivity contribution < 1.29 is 14.3 Å². The second kappa shape index (κ2) is 6.31. The maximum absolute atomic E-state index is 12.6. The molecule has 27 heavy (non-hydrogen) atoms. The molecule has 3 aliphatic rings. The van der Waals surface area contributed by atoms with Crippen molar-refractivity contribution in [2.45, 2.75) is 37.4 Å². The number of benzene rings is 2. The molecule has 2 aromatic carbocycles. The van der Waals surface area contributed by atoms with E-state index in [2.05, 4.69) is 24.3 Å². The van der Waals surface area contributed by atoms with E-state index in [0.717, 1.165) is 30.4 Å². The minimum atomic E-state index is -0.468. The summed E-state index contributed by atoms with van der Waals surface area (Å²) in [5.74, 6) is -0.0578. The minimum Gasteiger partial charge on any atom is -0.356 e. The number of hydrogen-bond donors (Lipinski definition) is 0. The third-order valence-electron chi connectivity index (χ3n) is 6.43. The van der Waals surface area contributed by atoms with Crippen LogP contribution in [0.2, 0.25) is 0 Å². The first kappa shape index (κ1) is 16.7. The molecule has 3 fully saturated rings. The lowest BCUT2D eigenvalue weighted by atomic mass is 9.87. The van der Waals surface area contributed by atoms with E-state index in [0.29, 0.717) is 13.0 Å². The van der Waals surface area contributed by atoms with Crippen LogP contribution in [-0.2, 0) is 19.9 Å². The van der Waals surface area contributed by atoms with Gasteiger partial charge in [-0.3, -0.25) is 14.5 Å². The molecule has 0 N–H and O–H groups in total. The number of nitrogens with zero attached hydrogens (tertiary/aromatic N) is 1. The highest BCUT2D eigenvalue weighted by molar-refractivity contribution is 6.05. The number of hydrogen-bond acceptors (Lipinski definition) is 3. The molecule has 138 valence electrons. The van der Waals surface area contributed by atoms with Crippen molar-refractivity contribution in [2.24, 2.45) is 11.8 Å². The Morgan fingerprint density at radius 2 is 1.37 bits per heavy atom. The van der Waals surface area contributed by atoms with Crippen molar-refractivity contribution >= 4 is 11.8 Å². The number of amides is 2. The molecule has 1 saturated carbocycles. The van der Waals surface area contributed by atoms with Gasteiger partial charge in [-0.05, 0) is 30.4 Å². The Labute approximate surface area is 159 Å². The summed E-state index contributed by atoms with van der Waals surface area (Å²) in [7, 11) is 0. The molecular weight excluding hydrogens is 338 g/mol. The Balaban J connectivity index is 1.36. The van der Waals surface area contributed by atoms with Gasteiger partial charge in [0, 0.05) is 6.54 Å². The zero-order chi connectivity index (χ0) is 18.4. The molecule has 5 rings (SSSR count). The summed E-state index contributed by atoms with van der Waals surface area (Å²) in [6.45, 7) is 0.455. The van der Waals surface area contributed by atoms with E-state index in [4.69, 9.17) is 4.74 Å². The monoisotopic (exact) mass is 361 g/mol. The van der Waals surface area contributed by atoms with Gasteiger partial charge in [0.25, 0.3) is 0 Å². The van der Waals surface area contributed by atoms with Gasteiger partial charge in [-0.15, -0.1) is 0 Å². The highest BCUT2D eigenvalue weighted by Crippen LogP contribution is 2.53. The number of fused-ring (bicyclic) bond motifs is 1. The van der Waals surface area contributed by atoms with Gasteiger partial charge in [-0.2, -0.15) is 0 Å². The Kier molecular flexibility index (Phi) is 3.90. The van der Waals surface area contributed by atoms with Crippen molar-refractivity contribution in [1.82, 2.24) is 4.90 Å². The summed E-state index contributed by atoms with van der Waals surface area (Å²) in [4.78, 5) is 26.7. The van der Waals surface area contributed by atoms with Gasteiger partial charge in [0.1, 0.15) is 5.60 Å². The third-order valence-corrected chi connectivity index (χ3v) is 6.43. The van der Waals surface area contributed by atoms with E-state index in [1.54, 1.807) is 0 Å². The first-order chi connectivity index (χ1) is 13.2. The van der Waals surface area contributed by atoms with Gasteiger partial charge < -0.3 is 4.74 Å². The fourth-order valence-corrected chi connectivity index (χ4v) is 5.03. The number of ether oxygens (including phenoxy) is 1. The van der Waals surface area contributed by atoms with Crippen LogP contribution >= 0.6 is 0 Å². The standard InChI is InChI=1S/C23H23NO3/c25-21-18-12-7-13-19(18)22(26)24(21)15-14-20-23(27-20,16-8-3-1-4-9-16)17-10-5-2-6-11-17/h1-6,8-11,18-20H,7,12-15H2. The molecule has 2 aromatic rings. The van der Waals surface area contributed by atoms with Crippen LogP contribution in [0.5, 0.6) is 0 Å². The summed E-state index contributed by atoms with van der Waals surface area (Å²) in [5.41, 5.74) is 1.78. The maximum Gasteiger partial charge on any atom is 0.233 e. The summed E-state index contributed by atoms with van der Waals surface area (Å²) in [5, 5.41) is 0. The van der Waals surface area contributed by atoms with Crippen LogP contribution < -0.4 is 0 Å². The smallest absolute Gasteiger partial charge is 0.233 e. The van der Waals surface area contributed by atoms with Crippen LogP contribution in [0.15, 0.2) is 60.7 Å². The fraction of sp³-hybridized carbons (Fsp3) is 0.391. The van der Waals surface area contributed by atoms with Crippen molar-refractivity contribution in [2.75, 3.05) is 6.54 Å². The molecule has 4 nitrogen and oxygen atoms in total. The molecule has 1 aliphatic carbocycles. The van der Waals surface area contributed by atoms with E-state index in [1.807, 2.05) is 36.4 Å². The lowest BCUT2D eigenvalue weighted by Gasteiger charge is -2.17. The van der Waals surface area contributed by atoms with Crippen LogP contribution in [0, 0.1) is 11.8 Å². The van der Waals surface area contributed by atoms with Gasteiger partial charge in [0.15, 0.2) is 0 Å². The quantitative estimate of drug-likeness (QED) is 0.605. The number of rotatable bonds is 5. The predicted molar refractivity (Wildman–Crippen MR) is 101 cm³/mol. The fourth-order valence-electron chi connectivity index (χ4n) is 5.03. The first-order valence-corrected chi connectivity index (χ1v) is 9.86. The van der Waals surface area contributed by atoms with Crippen molar-refractivity contribution in [3.63, 3.8) is 0 Å². The van der Waals surface area contributed by atoms with Crippen LogP contribution in [-0.4, -0.2) is 29.4 Å². The molecule has 4 heteroatoms. The molecule has 0 spiro atoms. The number of imide groups is 1. The lowest BCUT2D eigenvalue weighted by molar-refractivity contribution is -0.140. The van der Waals surface area contributed by atoms with E-state index in [9.17, 15) is 9.59 Å². The molecule has 0 radical (unpaired) electrons. The summed E-state index contributed by atoms with van der Waals surface area (Å²) in [6.07, 6.45) is 3.37. The predicted octanol–water partition coefficient (Wildman–Crippen LogP) is 3.50. The number of carbonyl (C=O) groups is 2. The van der Waals surface area contributed by atoms with E-state index in [1.165, 1.54) is 4.90 Å². The molecule has 0 aromatic heterocycles. The number of epoxide rings is 1. The van der Waals surface area contributed by atoms with Gasteiger partial charge >= 0.3 is 0 Å². The van der Waals surface area contributed by atoms with Crippen LogP contribution in [0.4, 0.5) is 0 Å². The van der Waals surface area contributed by atoms with Gasteiger partial charge in [-0.1, -0.05) is 67.1 Å². The molecular formula is C23H23NO3. The topological polar surface area (TPSA) is 49.9 Å². The third kappa shape index (κ3) is 2.54. The summed E-state index contributed by atoms with van der Waals surface area (Å²) < 4.78 is 6.25.